The minimum atomic E-state index is -2.24. The van der Waals surface area contributed by atoms with Crippen molar-refractivity contribution in [2.75, 3.05) is 13.2 Å². The summed E-state index contributed by atoms with van der Waals surface area (Å²) in [4.78, 5) is 52.6. The minimum Gasteiger partial charge on any atom is -0.481 e. The first kappa shape index (κ1) is 39.7. The fourth-order valence-corrected chi connectivity index (χ4v) is 1.99. The molecule has 0 bridgehead atoms. The van der Waals surface area contributed by atoms with Gasteiger partial charge in [0.15, 0.2) is 6.10 Å². The number of aliphatic hydroxyl groups is 9. The molecule has 0 rings (SSSR count). The van der Waals surface area contributed by atoms with Crippen LogP contribution in [0.1, 0.15) is 33.1 Å². The molecule has 0 saturated heterocycles. The molecule has 0 amide bonds. The first-order valence-electron chi connectivity index (χ1n) is 10.8. The van der Waals surface area contributed by atoms with Gasteiger partial charge < -0.3 is 66.0 Å². The third kappa shape index (κ3) is 16.1. The Morgan fingerprint density at radius 2 is 1.08 bits per heavy atom. The lowest BCUT2D eigenvalue weighted by molar-refractivity contribution is -0.183. The number of carbonyl (C=O) groups excluding carboxylic acids is 2. The third-order valence-electron chi connectivity index (χ3n) is 4.24. The summed E-state index contributed by atoms with van der Waals surface area (Å²) >= 11 is 0. The van der Waals surface area contributed by atoms with Gasteiger partial charge in [0, 0.05) is 12.8 Å². The van der Waals surface area contributed by atoms with E-state index in [-0.39, 0.29) is 6.42 Å². The average molecular weight is 564 g/mol. The van der Waals surface area contributed by atoms with Gasteiger partial charge in [-0.15, -0.1) is 0 Å². The summed E-state index contributed by atoms with van der Waals surface area (Å²) in [5.74, 6) is -6.72. The smallest absolute Gasteiger partial charge is 0.375 e. The van der Waals surface area contributed by atoms with Crippen LogP contribution in [-0.2, 0) is 28.7 Å². The molecule has 0 aromatic rings. The molecule has 0 aromatic carbocycles. The predicted molar refractivity (Wildman–Crippen MR) is 119 cm³/mol. The molecular weight excluding hydrogens is 528 g/mol. The number of ketones is 1. The summed E-state index contributed by atoms with van der Waals surface area (Å²) < 4.78 is 4.25. The predicted octanol–water partition coefficient (Wildman–Crippen LogP) is -5.59. The number of ether oxygens (including phenoxy) is 1. The Balaban J connectivity index is -0.000000554. The van der Waals surface area contributed by atoms with Crippen LogP contribution in [0.4, 0.5) is 0 Å². The molecule has 0 aliphatic heterocycles. The average Bonchev–Trinajstić information content (AvgIpc) is 2.88. The molecule has 0 radical (unpaired) electrons. The van der Waals surface area contributed by atoms with Crippen molar-refractivity contribution in [2.45, 2.75) is 81.9 Å². The lowest BCUT2D eigenvalue weighted by Gasteiger charge is -2.25. The van der Waals surface area contributed by atoms with Gasteiger partial charge >= 0.3 is 23.9 Å². The van der Waals surface area contributed by atoms with Crippen LogP contribution in [-0.4, -0.2) is 153 Å². The second-order valence-electron chi connectivity index (χ2n) is 7.33. The topological polar surface area (TPSA) is 337 Å². The highest BCUT2D eigenvalue weighted by atomic mass is 16.6. The number of aliphatic carboxylic acids is 3. The fourth-order valence-electron chi connectivity index (χ4n) is 1.99. The molecule has 0 aliphatic rings. The van der Waals surface area contributed by atoms with Crippen LogP contribution in [0.15, 0.2) is 0 Å². The maximum Gasteiger partial charge on any atom is 0.375 e. The van der Waals surface area contributed by atoms with Gasteiger partial charge in [0.05, 0.1) is 13.2 Å². The molecule has 0 aromatic heterocycles. The maximum absolute atomic E-state index is 11.1. The molecule has 12 N–H and O–H groups in total. The summed E-state index contributed by atoms with van der Waals surface area (Å²) in [5, 5.41) is 105. The monoisotopic (exact) mass is 564 g/mol. The van der Waals surface area contributed by atoms with Crippen LogP contribution in [0, 0.1) is 0 Å². The summed E-state index contributed by atoms with van der Waals surface area (Å²) in [6.07, 6.45) is -15.4. The molecule has 0 saturated carbocycles. The Labute approximate surface area is 215 Å². The molecule has 0 spiro atoms. The zero-order valence-electron chi connectivity index (χ0n) is 20.5. The van der Waals surface area contributed by atoms with Gasteiger partial charge in [-0.05, 0) is 6.42 Å². The second-order valence-corrected chi connectivity index (χ2v) is 7.33. The molecule has 38 heavy (non-hydrogen) atoms. The fraction of sp³-hybridized carbons (Fsp3) is 0.750. The number of esters is 1. The minimum absolute atomic E-state index is 0.219. The highest BCUT2D eigenvalue weighted by Gasteiger charge is 2.39. The highest BCUT2D eigenvalue weighted by molar-refractivity contribution is 6.33. The molecular formula is C20H36O18. The van der Waals surface area contributed by atoms with E-state index in [0.29, 0.717) is 6.42 Å². The van der Waals surface area contributed by atoms with Crippen molar-refractivity contribution in [3.8, 4) is 0 Å². The van der Waals surface area contributed by atoms with Crippen molar-refractivity contribution in [1.82, 2.24) is 0 Å². The molecule has 0 unspecified atom stereocenters. The third-order valence-corrected chi connectivity index (χ3v) is 4.24. The standard InChI is InChI=1S/C10H16O9.C6H12O7.C4H8O2/c1-2-4(12)10(18)19-8(9(16)17)7(15)6(14)5(13)3-11;7-1-2(8)3(9)4(10)5(11)6(12)13;1-2-3-4(5)6/h5-8,11,13-15H,2-3H2,1H3,(H,16,17);2-5,7-11H,1H2,(H,12,13);2-3H2,1H3,(H,5,6)/t5-,6-,7+,8-;2-,3-,4+,5-;/m11./s1. The number of carboxylic acids is 3. The summed E-state index contributed by atoms with van der Waals surface area (Å²) in [7, 11) is 0. The molecule has 0 aliphatic carbocycles. The van der Waals surface area contributed by atoms with Gasteiger partial charge in [-0.25, -0.2) is 14.4 Å². The van der Waals surface area contributed by atoms with Crippen LogP contribution in [0.25, 0.3) is 0 Å². The molecule has 8 atom stereocenters. The van der Waals surface area contributed by atoms with E-state index in [2.05, 4.69) is 4.74 Å². The first-order valence-corrected chi connectivity index (χ1v) is 10.8. The largest absolute Gasteiger partial charge is 0.481 e. The van der Waals surface area contributed by atoms with E-state index in [1.165, 1.54) is 6.92 Å². The van der Waals surface area contributed by atoms with E-state index in [1.54, 1.807) is 0 Å². The zero-order valence-corrected chi connectivity index (χ0v) is 20.5. The van der Waals surface area contributed by atoms with Gasteiger partial charge in [0.25, 0.3) is 0 Å². The Morgan fingerprint density at radius 3 is 1.34 bits per heavy atom. The molecule has 0 fully saturated rings. The van der Waals surface area contributed by atoms with Gasteiger partial charge in [-0.3, -0.25) is 9.59 Å². The van der Waals surface area contributed by atoms with E-state index >= 15 is 0 Å². The lowest BCUT2D eigenvalue weighted by atomic mass is 10.0. The number of aliphatic hydroxyl groups excluding tert-OH is 9. The SMILES string of the molecule is CCC(=O)C(=O)O[C@@H](C(=O)O)[C@@H](O)[C@H](O)[C@H](O)CO.CCCC(=O)O.O=C(O)[C@H](O)[C@@H](O)[C@H](O)[C@H](O)CO. The van der Waals surface area contributed by atoms with Crippen molar-refractivity contribution in [3.05, 3.63) is 0 Å². The van der Waals surface area contributed by atoms with E-state index in [4.69, 9.17) is 51.1 Å². The van der Waals surface area contributed by atoms with Crippen molar-refractivity contribution in [2.24, 2.45) is 0 Å². The van der Waals surface area contributed by atoms with Crippen LogP contribution in [0.5, 0.6) is 0 Å². The van der Waals surface area contributed by atoms with E-state index < -0.39 is 91.7 Å². The number of carbonyl (C=O) groups is 5. The molecule has 18 nitrogen and oxygen atoms in total. The van der Waals surface area contributed by atoms with Crippen molar-refractivity contribution in [3.63, 3.8) is 0 Å². The van der Waals surface area contributed by atoms with Crippen molar-refractivity contribution in [1.29, 1.82) is 0 Å². The first-order chi connectivity index (χ1) is 17.4. The maximum atomic E-state index is 11.1. The Kier molecular flexibility index (Phi) is 22.1. The number of hydrogen-bond acceptors (Lipinski definition) is 15. The zero-order chi connectivity index (χ0) is 30.7. The highest BCUT2D eigenvalue weighted by Crippen LogP contribution is 2.10. The Hall–Kier alpha value is -2.81. The Bertz CT molecular complexity index is 727. The molecule has 18 heteroatoms. The normalized spacial score (nSPS) is 16.8. The summed E-state index contributed by atoms with van der Waals surface area (Å²) in [6, 6.07) is 0. The summed E-state index contributed by atoms with van der Waals surface area (Å²) in [6.45, 7) is 1.41. The van der Waals surface area contributed by atoms with Gasteiger partial charge in [0.2, 0.25) is 11.9 Å². The van der Waals surface area contributed by atoms with Crippen LogP contribution >= 0.6 is 0 Å². The van der Waals surface area contributed by atoms with Gasteiger partial charge in [0.1, 0.15) is 36.6 Å². The van der Waals surface area contributed by atoms with Crippen LogP contribution < -0.4 is 0 Å². The number of carboxylic acid groups (broad SMARTS) is 3. The van der Waals surface area contributed by atoms with E-state index in [0.717, 1.165) is 6.42 Å². The number of Topliss-reactive ketones (excluding diaryl/α,β-unsaturated/α-hetero) is 1. The van der Waals surface area contributed by atoms with Crippen molar-refractivity contribution < 1.29 is 90.0 Å². The van der Waals surface area contributed by atoms with Crippen LogP contribution in [0.3, 0.4) is 0 Å². The molecule has 0 heterocycles. The Morgan fingerprint density at radius 1 is 0.658 bits per heavy atom. The van der Waals surface area contributed by atoms with Gasteiger partial charge in [-0.2, -0.15) is 0 Å². The molecule has 224 valence electrons. The van der Waals surface area contributed by atoms with Crippen LogP contribution in [0.2, 0.25) is 0 Å². The second kappa shape index (κ2) is 21.2. The van der Waals surface area contributed by atoms with Gasteiger partial charge in [-0.1, -0.05) is 13.8 Å². The lowest BCUT2D eigenvalue weighted by Crippen LogP contribution is -2.50. The van der Waals surface area contributed by atoms with E-state index in [9.17, 15) is 34.2 Å². The summed E-state index contributed by atoms with van der Waals surface area (Å²) in [5.41, 5.74) is 0. The van der Waals surface area contributed by atoms with Crippen molar-refractivity contribution >= 4 is 29.7 Å². The number of hydrogen-bond donors (Lipinski definition) is 12. The quantitative estimate of drug-likeness (QED) is 0.0651. The number of rotatable bonds is 15. The van der Waals surface area contributed by atoms with E-state index in [1.807, 2.05) is 6.92 Å².